The SMILES string of the molecule is C#CCC(N)c1nc(C(OC)C2CCCCC2)no1. The zero-order chi connectivity index (χ0) is 13.7. The van der Waals surface area contributed by atoms with Gasteiger partial charge in [-0.15, -0.1) is 12.3 Å². The van der Waals surface area contributed by atoms with E-state index in [-0.39, 0.29) is 6.10 Å². The quantitative estimate of drug-likeness (QED) is 0.825. The second-order valence-electron chi connectivity index (χ2n) is 5.06. The maximum absolute atomic E-state index is 5.86. The lowest BCUT2D eigenvalue weighted by atomic mass is 9.85. The van der Waals surface area contributed by atoms with E-state index in [0.717, 1.165) is 12.8 Å². The number of hydrogen-bond donors (Lipinski definition) is 1. The molecule has 2 atom stereocenters. The van der Waals surface area contributed by atoms with Crippen LogP contribution in [0.15, 0.2) is 4.52 Å². The Morgan fingerprint density at radius 1 is 1.47 bits per heavy atom. The Bertz CT molecular complexity index is 432. The van der Waals surface area contributed by atoms with Crippen molar-refractivity contribution in [2.45, 2.75) is 50.7 Å². The molecule has 0 aliphatic heterocycles. The smallest absolute Gasteiger partial charge is 0.244 e. The minimum Gasteiger partial charge on any atom is -0.373 e. The minimum absolute atomic E-state index is 0.101. The standard InChI is InChI=1S/C14H21N3O2/c1-3-7-11(15)14-16-13(17-19-14)12(18-2)10-8-5-4-6-9-10/h1,10-12H,4-9,15H2,2H3. The number of terminal acetylenes is 1. The molecular formula is C14H21N3O2. The van der Waals surface area contributed by atoms with E-state index >= 15 is 0 Å². The summed E-state index contributed by atoms with van der Waals surface area (Å²) in [6, 6.07) is -0.393. The van der Waals surface area contributed by atoms with Gasteiger partial charge in [-0.2, -0.15) is 4.98 Å². The third-order valence-corrected chi connectivity index (χ3v) is 3.70. The molecule has 1 aromatic rings. The Hall–Kier alpha value is -1.38. The summed E-state index contributed by atoms with van der Waals surface area (Å²) >= 11 is 0. The Morgan fingerprint density at radius 2 is 2.21 bits per heavy atom. The Balaban J connectivity index is 2.08. The van der Waals surface area contributed by atoms with Gasteiger partial charge in [0.05, 0.1) is 6.04 Å². The van der Waals surface area contributed by atoms with Crippen molar-refractivity contribution in [3.8, 4) is 12.3 Å². The molecule has 0 amide bonds. The Kier molecular flexibility index (Phi) is 4.94. The van der Waals surface area contributed by atoms with Crippen molar-refractivity contribution in [3.05, 3.63) is 11.7 Å². The third-order valence-electron chi connectivity index (χ3n) is 3.70. The van der Waals surface area contributed by atoms with E-state index in [1.165, 1.54) is 19.3 Å². The van der Waals surface area contributed by atoms with Gasteiger partial charge in [0.2, 0.25) is 11.7 Å². The number of hydrogen-bond acceptors (Lipinski definition) is 5. The Morgan fingerprint density at radius 3 is 2.84 bits per heavy atom. The highest BCUT2D eigenvalue weighted by Gasteiger charge is 2.29. The molecule has 1 saturated carbocycles. The lowest BCUT2D eigenvalue weighted by Gasteiger charge is -2.26. The van der Waals surface area contributed by atoms with E-state index < -0.39 is 6.04 Å². The monoisotopic (exact) mass is 263 g/mol. The molecule has 1 aliphatic rings. The number of aromatic nitrogens is 2. The third kappa shape index (κ3) is 3.34. The van der Waals surface area contributed by atoms with Crippen molar-refractivity contribution in [2.24, 2.45) is 11.7 Å². The second-order valence-corrected chi connectivity index (χ2v) is 5.06. The molecule has 5 nitrogen and oxygen atoms in total. The van der Waals surface area contributed by atoms with E-state index in [9.17, 15) is 0 Å². The van der Waals surface area contributed by atoms with Crippen LogP contribution in [0.4, 0.5) is 0 Å². The Labute approximate surface area is 113 Å². The number of rotatable bonds is 5. The van der Waals surface area contributed by atoms with Crippen molar-refractivity contribution in [1.29, 1.82) is 0 Å². The molecule has 1 heterocycles. The van der Waals surface area contributed by atoms with E-state index in [2.05, 4.69) is 16.1 Å². The van der Waals surface area contributed by atoms with Gasteiger partial charge in [-0.05, 0) is 18.8 Å². The van der Waals surface area contributed by atoms with Gasteiger partial charge in [-0.1, -0.05) is 24.4 Å². The fourth-order valence-electron chi connectivity index (χ4n) is 2.67. The molecule has 2 unspecified atom stereocenters. The van der Waals surface area contributed by atoms with Crippen molar-refractivity contribution >= 4 is 0 Å². The normalized spacial score (nSPS) is 19.8. The first kappa shape index (κ1) is 14.0. The van der Waals surface area contributed by atoms with Crippen LogP contribution in [0.2, 0.25) is 0 Å². The number of ether oxygens (including phenoxy) is 1. The van der Waals surface area contributed by atoms with E-state index in [4.69, 9.17) is 21.4 Å². The number of nitrogens with zero attached hydrogens (tertiary/aromatic N) is 2. The largest absolute Gasteiger partial charge is 0.373 e. The maximum atomic E-state index is 5.86. The highest BCUT2D eigenvalue weighted by molar-refractivity contribution is 5.01. The summed E-state index contributed by atoms with van der Waals surface area (Å²) in [4.78, 5) is 4.35. The molecule has 1 fully saturated rings. The summed E-state index contributed by atoms with van der Waals surface area (Å²) < 4.78 is 10.8. The molecule has 1 aromatic heterocycles. The van der Waals surface area contributed by atoms with Gasteiger partial charge in [0, 0.05) is 13.5 Å². The summed E-state index contributed by atoms with van der Waals surface area (Å²) in [5.41, 5.74) is 5.86. The van der Waals surface area contributed by atoms with Crippen LogP contribution in [0.3, 0.4) is 0 Å². The molecule has 2 rings (SSSR count). The van der Waals surface area contributed by atoms with Gasteiger partial charge < -0.3 is 15.0 Å². The first-order chi connectivity index (χ1) is 9.26. The van der Waals surface area contributed by atoms with Gasteiger partial charge >= 0.3 is 0 Å². The first-order valence-electron chi connectivity index (χ1n) is 6.81. The fourth-order valence-corrected chi connectivity index (χ4v) is 2.67. The van der Waals surface area contributed by atoms with Crippen LogP contribution in [0, 0.1) is 18.3 Å². The van der Waals surface area contributed by atoms with Crippen LogP contribution in [0.25, 0.3) is 0 Å². The molecule has 0 spiro atoms. The molecule has 0 saturated heterocycles. The zero-order valence-electron chi connectivity index (χ0n) is 11.3. The summed E-state index contributed by atoms with van der Waals surface area (Å²) in [7, 11) is 1.69. The highest BCUT2D eigenvalue weighted by atomic mass is 16.5. The lowest BCUT2D eigenvalue weighted by molar-refractivity contribution is 0.0273. The van der Waals surface area contributed by atoms with Crippen LogP contribution >= 0.6 is 0 Å². The fraction of sp³-hybridized carbons (Fsp3) is 0.714. The van der Waals surface area contributed by atoms with E-state index in [1.54, 1.807) is 7.11 Å². The topological polar surface area (TPSA) is 74.2 Å². The second kappa shape index (κ2) is 6.69. The molecule has 2 N–H and O–H groups in total. The van der Waals surface area contributed by atoms with Gasteiger partial charge in [-0.25, -0.2) is 0 Å². The van der Waals surface area contributed by atoms with Crippen molar-refractivity contribution in [2.75, 3.05) is 7.11 Å². The molecule has 0 radical (unpaired) electrons. The summed E-state index contributed by atoms with van der Waals surface area (Å²) in [6.45, 7) is 0. The predicted molar refractivity (Wildman–Crippen MR) is 71.0 cm³/mol. The maximum Gasteiger partial charge on any atom is 0.244 e. The highest BCUT2D eigenvalue weighted by Crippen LogP contribution is 2.35. The molecule has 5 heteroatoms. The van der Waals surface area contributed by atoms with Crippen molar-refractivity contribution in [1.82, 2.24) is 10.1 Å². The van der Waals surface area contributed by atoms with E-state index in [1.807, 2.05) is 0 Å². The minimum atomic E-state index is -0.393. The average molecular weight is 263 g/mol. The average Bonchev–Trinajstić information content (AvgIpc) is 2.91. The van der Waals surface area contributed by atoms with Gasteiger partial charge in [0.15, 0.2) is 0 Å². The zero-order valence-corrected chi connectivity index (χ0v) is 11.3. The molecule has 19 heavy (non-hydrogen) atoms. The van der Waals surface area contributed by atoms with Crippen LogP contribution in [-0.4, -0.2) is 17.3 Å². The summed E-state index contributed by atoms with van der Waals surface area (Å²) in [5.74, 6) is 3.95. The number of nitrogens with two attached hydrogens (primary N) is 1. The lowest BCUT2D eigenvalue weighted by Crippen LogP contribution is -2.19. The number of methoxy groups -OCH3 is 1. The summed E-state index contributed by atoms with van der Waals surface area (Å²) in [5, 5.41) is 4.01. The van der Waals surface area contributed by atoms with Crippen molar-refractivity contribution < 1.29 is 9.26 Å². The molecule has 104 valence electrons. The first-order valence-corrected chi connectivity index (χ1v) is 6.81. The van der Waals surface area contributed by atoms with Crippen LogP contribution in [-0.2, 0) is 4.74 Å². The van der Waals surface area contributed by atoms with E-state index in [0.29, 0.717) is 24.1 Å². The molecular weight excluding hydrogens is 242 g/mol. The predicted octanol–water partition coefficient (Wildman–Crippen LogP) is 2.36. The van der Waals surface area contributed by atoms with Crippen LogP contribution in [0.5, 0.6) is 0 Å². The summed E-state index contributed by atoms with van der Waals surface area (Å²) in [6.07, 6.45) is 11.6. The molecule has 0 aromatic carbocycles. The molecule has 1 aliphatic carbocycles. The van der Waals surface area contributed by atoms with Crippen LogP contribution < -0.4 is 5.73 Å². The molecule has 0 bridgehead atoms. The van der Waals surface area contributed by atoms with Gasteiger partial charge in [0.1, 0.15) is 6.10 Å². The van der Waals surface area contributed by atoms with Gasteiger partial charge in [-0.3, -0.25) is 0 Å². The van der Waals surface area contributed by atoms with Crippen LogP contribution in [0.1, 0.15) is 62.4 Å². The van der Waals surface area contributed by atoms with Crippen molar-refractivity contribution in [3.63, 3.8) is 0 Å². The van der Waals surface area contributed by atoms with Gasteiger partial charge in [0.25, 0.3) is 0 Å².